The first-order chi connectivity index (χ1) is 16.7. The van der Waals surface area contributed by atoms with Gasteiger partial charge in [0.05, 0.1) is 11.8 Å². The minimum atomic E-state index is -1.58. The molecule has 0 saturated carbocycles. The Hall–Kier alpha value is -2.47. The van der Waals surface area contributed by atoms with Crippen molar-refractivity contribution >= 4 is 80.5 Å². The fraction of sp³-hybridized carbons (Fsp3) is 0.550. The molecule has 16 heteroatoms. The standard InChI is InChI=1S/C20H25IN6O7S2/c1-19(2,3)32-17(31)20(4,5)34-24-12(14-23-18(22)36-26-14)15(29)25-33-16(30)13-9(7-21)8-35-11-6-10(28)27(11)13/h11H,6-8H2,1-5H3,(H,25,29)(H2,22,23,26)/t11-/m0/s1. The number of nitrogens with one attached hydrogen (secondary N) is 1. The van der Waals surface area contributed by atoms with Crippen molar-refractivity contribution in [3.05, 3.63) is 17.1 Å². The van der Waals surface area contributed by atoms with E-state index in [1.165, 1.54) is 18.7 Å². The summed E-state index contributed by atoms with van der Waals surface area (Å²) < 4.78 is 9.75. The van der Waals surface area contributed by atoms with Gasteiger partial charge in [-0.2, -0.15) is 14.8 Å². The SMILES string of the molecule is CC(C)(C)OC(=O)C(C)(C)ON=C(C(=O)NOC(=O)C1=C(CI)CS[C@H]2CC(=O)N12)c1nsc(N)n1. The molecule has 3 heterocycles. The second kappa shape index (κ2) is 10.9. The number of esters is 1. The number of halogens is 1. The molecular weight excluding hydrogens is 627 g/mol. The number of fused-ring (bicyclic) bond motifs is 1. The van der Waals surface area contributed by atoms with Gasteiger partial charge in [0.1, 0.15) is 11.3 Å². The number of oxime groups is 1. The molecule has 2 aliphatic heterocycles. The maximum atomic E-state index is 12.9. The monoisotopic (exact) mass is 652 g/mol. The molecular formula is C20H25IN6O7S2. The van der Waals surface area contributed by atoms with Crippen LogP contribution in [0.25, 0.3) is 0 Å². The summed E-state index contributed by atoms with van der Waals surface area (Å²) in [4.78, 5) is 65.9. The van der Waals surface area contributed by atoms with E-state index in [2.05, 4.69) is 37.1 Å². The van der Waals surface area contributed by atoms with Gasteiger partial charge in [-0.05, 0) is 40.2 Å². The first-order valence-electron chi connectivity index (χ1n) is 10.6. The number of thioether (sulfide) groups is 1. The van der Waals surface area contributed by atoms with Crippen molar-refractivity contribution in [3.63, 3.8) is 0 Å². The number of nitrogen functional groups attached to an aromatic ring is 1. The van der Waals surface area contributed by atoms with Gasteiger partial charge in [-0.3, -0.25) is 14.5 Å². The molecule has 13 nitrogen and oxygen atoms in total. The van der Waals surface area contributed by atoms with Gasteiger partial charge in [-0.1, -0.05) is 27.7 Å². The highest BCUT2D eigenvalue weighted by atomic mass is 127. The third-order valence-electron chi connectivity index (χ3n) is 4.65. The van der Waals surface area contributed by atoms with E-state index in [1.54, 1.807) is 32.5 Å². The molecule has 2 amide bonds. The van der Waals surface area contributed by atoms with E-state index in [1.807, 2.05) is 5.48 Å². The average molecular weight is 652 g/mol. The van der Waals surface area contributed by atoms with Gasteiger partial charge in [0.2, 0.25) is 23.0 Å². The quantitative estimate of drug-likeness (QED) is 0.109. The van der Waals surface area contributed by atoms with E-state index in [-0.39, 0.29) is 27.9 Å². The van der Waals surface area contributed by atoms with Crippen LogP contribution in [0, 0.1) is 0 Å². The Morgan fingerprint density at radius 1 is 1.28 bits per heavy atom. The lowest BCUT2D eigenvalue weighted by Crippen LogP contribution is -2.54. The fourth-order valence-corrected chi connectivity index (χ4v) is 5.57. The van der Waals surface area contributed by atoms with Crippen LogP contribution in [0.15, 0.2) is 16.4 Å². The number of carbonyl (C=O) groups excluding carboxylic acids is 4. The predicted molar refractivity (Wildman–Crippen MR) is 140 cm³/mol. The van der Waals surface area contributed by atoms with Gasteiger partial charge in [-0.15, -0.1) is 11.8 Å². The molecule has 0 unspecified atom stereocenters. The van der Waals surface area contributed by atoms with Crippen molar-refractivity contribution in [1.82, 2.24) is 19.7 Å². The Labute approximate surface area is 228 Å². The normalized spacial score (nSPS) is 18.3. The summed E-state index contributed by atoms with van der Waals surface area (Å²) in [7, 11) is 0. The molecule has 1 aromatic heterocycles. The van der Waals surface area contributed by atoms with Gasteiger partial charge >= 0.3 is 17.8 Å². The molecule has 36 heavy (non-hydrogen) atoms. The maximum absolute atomic E-state index is 12.9. The van der Waals surface area contributed by atoms with Crippen LogP contribution in [-0.4, -0.2) is 70.5 Å². The molecule has 3 rings (SSSR count). The largest absolute Gasteiger partial charge is 0.457 e. The Morgan fingerprint density at radius 2 is 1.97 bits per heavy atom. The van der Waals surface area contributed by atoms with E-state index in [0.29, 0.717) is 16.6 Å². The van der Waals surface area contributed by atoms with Crippen molar-refractivity contribution in [2.45, 2.75) is 57.6 Å². The molecule has 1 saturated heterocycles. The molecule has 196 valence electrons. The number of amides is 2. The number of rotatable bonds is 7. The van der Waals surface area contributed by atoms with Crippen LogP contribution in [0.1, 0.15) is 46.9 Å². The third kappa shape index (κ3) is 6.44. The van der Waals surface area contributed by atoms with Crippen LogP contribution in [0.5, 0.6) is 0 Å². The van der Waals surface area contributed by atoms with Crippen molar-refractivity contribution in [1.29, 1.82) is 0 Å². The highest BCUT2D eigenvalue weighted by Crippen LogP contribution is 2.40. The van der Waals surface area contributed by atoms with E-state index in [4.69, 9.17) is 20.1 Å². The summed E-state index contributed by atoms with van der Waals surface area (Å²) in [5, 5.41) is 3.67. The number of β-lactam (4-membered cyclic amide) rings is 1. The zero-order valence-corrected chi connectivity index (χ0v) is 23.9. The second-order valence-electron chi connectivity index (χ2n) is 9.14. The first kappa shape index (κ1) is 28.1. The van der Waals surface area contributed by atoms with Crippen LogP contribution in [0.2, 0.25) is 0 Å². The molecule has 0 radical (unpaired) electrons. The number of carbonyl (C=O) groups is 4. The topological polar surface area (TPSA) is 175 Å². The van der Waals surface area contributed by atoms with Crippen molar-refractivity contribution in [2.24, 2.45) is 5.16 Å². The highest BCUT2D eigenvalue weighted by molar-refractivity contribution is 14.1. The number of nitrogens with zero attached hydrogens (tertiary/aromatic N) is 4. The van der Waals surface area contributed by atoms with Gasteiger partial charge in [0.25, 0.3) is 0 Å². The predicted octanol–water partition coefficient (Wildman–Crippen LogP) is 1.53. The number of hydroxylamine groups is 1. The van der Waals surface area contributed by atoms with E-state index in [0.717, 1.165) is 17.1 Å². The maximum Gasteiger partial charge on any atom is 0.379 e. The smallest absolute Gasteiger partial charge is 0.379 e. The van der Waals surface area contributed by atoms with Crippen molar-refractivity contribution in [2.75, 3.05) is 15.9 Å². The fourth-order valence-electron chi connectivity index (χ4n) is 2.87. The molecule has 1 atom stereocenters. The molecule has 1 fully saturated rings. The number of hydrogen-bond donors (Lipinski definition) is 2. The number of alkyl halides is 1. The number of aromatic nitrogens is 2. The van der Waals surface area contributed by atoms with Crippen LogP contribution in [0.4, 0.5) is 5.13 Å². The van der Waals surface area contributed by atoms with E-state index >= 15 is 0 Å². The van der Waals surface area contributed by atoms with Gasteiger partial charge in [-0.25, -0.2) is 9.59 Å². The molecule has 0 aliphatic carbocycles. The van der Waals surface area contributed by atoms with Gasteiger partial charge in [0.15, 0.2) is 5.13 Å². The highest BCUT2D eigenvalue weighted by Gasteiger charge is 2.46. The number of anilines is 1. The minimum Gasteiger partial charge on any atom is -0.457 e. The average Bonchev–Trinajstić information content (AvgIpc) is 3.20. The van der Waals surface area contributed by atoms with Gasteiger partial charge in [0, 0.05) is 21.7 Å². The number of nitrogens with two attached hydrogens (primary N) is 1. The lowest BCUT2D eigenvalue weighted by molar-refractivity contribution is -0.179. The second-order valence-corrected chi connectivity index (χ2v) is 11.9. The van der Waals surface area contributed by atoms with Crippen LogP contribution < -0.4 is 11.2 Å². The zero-order valence-electron chi connectivity index (χ0n) is 20.1. The summed E-state index contributed by atoms with van der Waals surface area (Å²) in [6, 6.07) is 0. The Morgan fingerprint density at radius 3 is 2.53 bits per heavy atom. The zero-order chi connectivity index (χ0) is 26.8. The van der Waals surface area contributed by atoms with Crippen LogP contribution >= 0.6 is 45.9 Å². The van der Waals surface area contributed by atoms with Gasteiger partial charge < -0.3 is 20.1 Å². The van der Waals surface area contributed by atoms with E-state index in [9.17, 15) is 19.2 Å². The van der Waals surface area contributed by atoms with Crippen LogP contribution in [0.3, 0.4) is 0 Å². The molecule has 1 aromatic rings. The summed E-state index contributed by atoms with van der Waals surface area (Å²) in [6.45, 7) is 7.89. The van der Waals surface area contributed by atoms with Crippen molar-refractivity contribution < 1.29 is 33.6 Å². The third-order valence-corrected chi connectivity index (χ3v) is 7.39. The molecule has 0 bridgehead atoms. The Balaban J connectivity index is 1.77. The first-order valence-corrected chi connectivity index (χ1v) is 13.9. The summed E-state index contributed by atoms with van der Waals surface area (Å²) in [5.74, 6) is -2.49. The Kier molecular flexibility index (Phi) is 8.49. The summed E-state index contributed by atoms with van der Waals surface area (Å²) in [5.41, 5.74) is 5.60. The minimum absolute atomic E-state index is 0.0489. The molecule has 0 spiro atoms. The number of hydrogen-bond acceptors (Lipinski definition) is 13. The molecule has 2 aliphatic rings. The summed E-state index contributed by atoms with van der Waals surface area (Å²) in [6.07, 6.45) is 0.334. The van der Waals surface area contributed by atoms with E-state index < -0.39 is 34.8 Å². The number of ether oxygens (including phenoxy) is 1. The lowest BCUT2D eigenvalue weighted by Gasteiger charge is -2.44. The molecule has 0 aromatic carbocycles. The lowest BCUT2D eigenvalue weighted by atomic mass is 10.1. The Bertz CT molecular complexity index is 1140. The van der Waals surface area contributed by atoms with Crippen LogP contribution in [-0.2, 0) is 33.6 Å². The summed E-state index contributed by atoms with van der Waals surface area (Å²) >= 11 is 4.46. The molecule has 3 N–H and O–H groups in total. The van der Waals surface area contributed by atoms with Crippen molar-refractivity contribution in [3.8, 4) is 0 Å².